The molecule has 0 saturated heterocycles. The number of ketones is 1. The molecule has 0 spiro atoms. The monoisotopic (exact) mass is 294 g/mol. The SMILES string of the molecule is CN(CCC(=O)c1cccc(Cl)c1)Cc1cscn1. The molecule has 0 atom stereocenters. The Morgan fingerprint density at radius 3 is 3.00 bits per heavy atom. The molecule has 1 aromatic heterocycles. The molecule has 1 heterocycles. The number of aromatic nitrogens is 1. The summed E-state index contributed by atoms with van der Waals surface area (Å²) in [4.78, 5) is 18.3. The molecule has 0 unspecified atom stereocenters. The largest absolute Gasteiger partial charge is 0.300 e. The van der Waals surface area contributed by atoms with Crippen molar-refractivity contribution in [1.82, 2.24) is 9.88 Å². The maximum Gasteiger partial charge on any atom is 0.164 e. The zero-order valence-electron chi connectivity index (χ0n) is 10.7. The van der Waals surface area contributed by atoms with Gasteiger partial charge in [-0.05, 0) is 19.2 Å². The molecule has 5 heteroatoms. The van der Waals surface area contributed by atoms with E-state index in [2.05, 4.69) is 9.88 Å². The predicted octanol–water partition coefficient (Wildman–Crippen LogP) is 3.50. The minimum Gasteiger partial charge on any atom is -0.300 e. The maximum absolute atomic E-state index is 12.0. The van der Waals surface area contributed by atoms with Crippen molar-refractivity contribution >= 4 is 28.7 Å². The van der Waals surface area contributed by atoms with E-state index in [9.17, 15) is 4.79 Å². The lowest BCUT2D eigenvalue weighted by Gasteiger charge is -2.14. The number of hydrogen-bond donors (Lipinski definition) is 0. The zero-order chi connectivity index (χ0) is 13.7. The van der Waals surface area contributed by atoms with Gasteiger partial charge in [0.25, 0.3) is 0 Å². The number of rotatable bonds is 6. The Bertz CT molecular complexity index is 542. The Morgan fingerprint density at radius 2 is 2.32 bits per heavy atom. The highest BCUT2D eigenvalue weighted by Gasteiger charge is 2.08. The summed E-state index contributed by atoms with van der Waals surface area (Å²) in [6, 6.07) is 7.08. The first-order chi connectivity index (χ1) is 9.15. The average Bonchev–Trinajstić information content (AvgIpc) is 2.88. The summed E-state index contributed by atoms with van der Waals surface area (Å²) in [5, 5.41) is 2.62. The van der Waals surface area contributed by atoms with Crippen LogP contribution in [0.3, 0.4) is 0 Å². The number of halogens is 1. The number of carbonyl (C=O) groups excluding carboxylic acids is 1. The fourth-order valence-electron chi connectivity index (χ4n) is 1.77. The predicted molar refractivity (Wildman–Crippen MR) is 78.8 cm³/mol. The van der Waals surface area contributed by atoms with Crippen molar-refractivity contribution in [3.63, 3.8) is 0 Å². The lowest BCUT2D eigenvalue weighted by molar-refractivity contribution is 0.0967. The molecule has 100 valence electrons. The van der Waals surface area contributed by atoms with Gasteiger partial charge in [0.2, 0.25) is 0 Å². The first-order valence-electron chi connectivity index (χ1n) is 5.99. The molecule has 0 radical (unpaired) electrons. The summed E-state index contributed by atoms with van der Waals surface area (Å²) in [5.74, 6) is 0.118. The third-order valence-electron chi connectivity index (χ3n) is 2.78. The number of thiazole rings is 1. The Balaban J connectivity index is 1.83. The summed E-state index contributed by atoms with van der Waals surface area (Å²) >= 11 is 7.46. The third kappa shape index (κ3) is 4.42. The molecular weight excluding hydrogens is 280 g/mol. The van der Waals surface area contributed by atoms with Gasteiger partial charge in [-0.25, -0.2) is 4.98 Å². The lowest BCUT2D eigenvalue weighted by atomic mass is 10.1. The van der Waals surface area contributed by atoms with E-state index in [0.29, 0.717) is 23.6 Å². The summed E-state index contributed by atoms with van der Waals surface area (Å²) in [6.07, 6.45) is 0.487. The highest BCUT2D eigenvalue weighted by atomic mass is 35.5. The second-order valence-electron chi connectivity index (χ2n) is 4.40. The van der Waals surface area contributed by atoms with Crippen LogP contribution in [0.15, 0.2) is 35.2 Å². The molecule has 0 aliphatic carbocycles. The molecular formula is C14H15ClN2OS. The van der Waals surface area contributed by atoms with Gasteiger partial charge >= 0.3 is 0 Å². The van der Waals surface area contributed by atoms with Gasteiger partial charge in [0, 0.05) is 35.5 Å². The molecule has 0 aliphatic rings. The van der Waals surface area contributed by atoms with E-state index in [1.54, 1.807) is 35.6 Å². The van der Waals surface area contributed by atoms with Gasteiger partial charge < -0.3 is 4.90 Å². The molecule has 3 nitrogen and oxygen atoms in total. The first kappa shape index (κ1) is 14.2. The maximum atomic E-state index is 12.0. The molecule has 0 aliphatic heterocycles. The molecule has 1 aromatic carbocycles. The Hall–Kier alpha value is -1.23. The summed E-state index contributed by atoms with van der Waals surface area (Å²) in [5.41, 5.74) is 3.54. The van der Waals surface area contributed by atoms with Crippen molar-refractivity contribution in [3.05, 3.63) is 51.4 Å². The molecule has 2 aromatic rings. The number of hydrogen-bond acceptors (Lipinski definition) is 4. The van der Waals surface area contributed by atoms with Crippen molar-refractivity contribution in [3.8, 4) is 0 Å². The molecule has 0 saturated carbocycles. The van der Waals surface area contributed by atoms with E-state index in [1.807, 2.05) is 17.9 Å². The summed E-state index contributed by atoms with van der Waals surface area (Å²) in [6.45, 7) is 1.48. The van der Waals surface area contributed by atoms with Crippen LogP contribution < -0.4 is 0 Å². The fraction of sp³-hybridized carbons (Fsp3) is 0.286. The Kier molecular flexibility index (Phi) is 5.07. The molecule has 2 rings (SSSR count). The van der Waals surface area contributed by atoms with E-state index in [1.165, 1.54) is 0 Å². The van der Waals surface area contributed by atoms with Gasteiger partial charge in [-0.3, -0.25) is 4.79 Å². The van der Waals surface area contributed by atoms with E-state index >= 15 is 0 Å². The van der Waals surface area contributed by atoms with Gasteiger partial charge in [-0.15, -0.1) is 11.3 Å². The van der Waals surface area contributed by atoms with Crippen molar-refractivity contribution in [2.45, 2.75) is 13.0 Å². The number of benzene rings is 1. The molecule has 0 N–H and O–H groups in total. The minimum atomic E-state index is 0.118. The third-order valence-corrected chi connectivity index (χ3v) is 3.65. The van der Waals surface area contributed by atoms with Gasteiger partial charge in [0.15, 0.2) is 5.78 Å². The van der Waals surface area contributed by atoms with E-state index < -0.39 is 0 Å². The van der Waals surface area contributed by atoms with Crippen LogP contribution in [0.5, 0.6) is 0 Å². The van der Waals surface area contributed by atoms with Crippen LogP contribution in [0.1, 0.15) is 22.5 Å². The van der Waals surface area contributed by atoms with Crippen LogP contribution in [0.2, 0.25) is 5.02 Å². The van der Waals surface area contributed by atoms with E-state index in [-0.39, 0.29) is 5.78 Å². The Morgan fingerprint density at radius 1 is 1.47 bits per heavy atom. The van der Waals surface area contributed by atoms with Crippen molar-refractivity contribution in [1.29, 1.82) is 0 Å². The van der Waals surface area contributed by atoms with Crippen molar-refractivity contribution in [2.75, 3.05) is 13.6 Å². The van der Waals surface area contributed by atoms with Crippen LogP contribution in [0.25, 0.3) is 0 Å². The zero-order valence-corrected chi connectivity index (χ0v) is 12.2. The number of nitrogens with zero attached hydrogens (tertiary/aromatic N) is 2. The minimum absolute atomic E-state index is 0.118. The molecule has 0 bridgehead atoms. The van der Waals surface area contributed by atoms with Crippen molar-refractivity contribution in [2.24, 2.45) is 0 Å². The van der Waals surface area contributed by atoms with E-state index in [0.717, 1.165) is 12.2 Å². The van der Waals surface area contributed by atoms with Crippen LogP contribution in [0.4, 0.5) is 0 Å². The first-order valence-corrected chi connectivity index (χ1v) is 7.31. The van der Waals surface area contributed by atoms with Gasteiger partial charge in [0.05, 0.1) is 11.2 Å². The molecule has 19 heavy (non-hydrogen) atoms. The topological polar surface area (TPSA) is 33.2 Å². The highest BCUT2D eigenvalue weighted by molar-refractivity contribution is 7.07. The standard InChI is InChI=1S/C14H15ClN2OS/c1-17(8-13-9-19-10-16-13)6-5-14(18)11-3-2-4-12(15)7-11/h2-4,7,9-10H,5-6,8H2,1H3. The van der Waals surface area contributed by atoms with Crippen LogP contribution >= 0.6 is 22.9 Å². The van der Waals surface area contributed by atoms with Crippen LogP contribution in [-0.4, -0.2) is 29.3 Å². The summed E-state index contributed by atoms with van der Waals surface area (Å²) < 4.78 is 0. The normalized spacial score (nSPS) is 10.9. The quantitative estimate of drug-likeness (QED) is 0.765. The fourth-order valence-corrected chi connectivity index (χ4v) is 2.51. The lowest BCUT2D eigenvalue weighted by Crippen LogP contribution is -2.21. The van der Waals surface area contributed by atoms with Crippen LogP contribution in [-0.2, 0) is 6.54 Å². The van der Waals surface area contributed by atoms with Gasteiger partial charge in [-0.2, -0.15) is 0 Å². The second kappa shape index (κ2) is 6.80. The van der Waals surface area contributed by atoms with Gasteiger partial charge in [0.1, 0.15) is 0 Å². The molecule has 0 fully saturated rings. The van der Waals surface area contributed by atoms with Crippen LogP contribution in [0, 0.1) is 0 Å². The highest BCUT2D eigenvalue weighted by Crippen LogP contribution is 2.13. The van der Waals surface area contributed by atoms with Crippen molar-refractivity contribution < 1.29 is 4.79 Å². The second-order valence-corrected chi connectivity index (χ2v) is 5.56. The number of Topliss-reactive ketones (excluding diaryl/α,β-unsaturated/α-hetero) is 1. The Labute approximate surface area is 121 Å². The number of carbonyl (C=O) groups is 1. The smallest absolute Gasteiger partial charge is 0.164 e. The van der Waals surface area contributed by atoms with E-state index in [4.69, 9.17) is 11.6 Å². The van der Waals surface area contributed by atoms with Gasteiger partial charge in [-0.1, -0.05) is 23.7 Å². The average molecular weight is 295 g/mol. The molecule has 0 amide bonds. The summed E-state index contributed by atoms with van der Waals surface area (Å²) in [7, 11) is 1.99.